The molecule has 0 saturated heterocycles. The third kappa shape index (κ3) is 2.11. The van der Waals surface area contributed by atoms with E-state index in [1.165, 1.54) is 0 Å². The summed E-state index contributed by atoms with van der Waals surface area (Å²) < 4.78 is 5.50. The molecule has 0 radical (unpaired) electrons. The smallest absolute Gasteiger partial charge is 0.180 e. The van der Waals surface area contributed by atoms with Gasteiger partial charge in [-0.2, -0.15) is 0 Å². The van der Waals surface area contributed by atoms with Crippen molar-refractivity contribution in [2.45, 2.75) is 24.6 Å². The van der Waals surface area contributed by atoms with Gasteiger partial charge in [-0.1, -0.05) is 34.5 Å². The molecule has 0 aliphatic carbocycles. The van der Waals surface area contributed by atoms with Gasteiger partial charge in [-0.15, -0.1) is 0 Å². The molecule has 0 saturated carbocycles. The van der Waals surface area contributed by atoms with E-state index in [-0.39, 0.29) is 10.6 Å². The zero-order valence-electron chi connectivity index (χ0n) is 8.93. The molecular formula is C12H12BrClO2. The van der Waals surface area contributed by atoms with E-state index in [0.29, 0.717) is 22.9 Å². The molecule has 1 aliphatic heterocycles. The van der Waals surface area contributed by atoms with Crippen molar-refractivity contribution in [1.82, 2.24) is 0 Å². The Morgan fingerprint density at radius 3 is 3.06 bits per heavy atom. The lowest BCUT2D eigenvalue weighted by Gasteiger charge is -2.10. The number of Topliss-reactive ketones (excluding diaryl/α,β-unsaturated/α-hetero) is 1. The van der Waals surface area contributed by atoms with Gasteiger partial charge in [-0.25, -0.2) is 0 Å². The standard InChI is InChI=1S/C12H12BrClO2/c1-2-10(13)11(15)9-6-8(14)5-7-3-4-16-12(7)9/h5-6,10H,2-4H2,1H3. The van der Waals surface area contributed by atoms with Gasteiger partial charge in [-0.3, -0.25) is 4.79 Å². The maximum absolute atomic E-state index is 12.1. The first kappa shape index (κ1) is 11.9. The topological polar surface area (TPSA) is 26.3 Å². The lowest BCUT2D eigenvalue weighted by Crippen LogP contribution is -2.14. The fraction of sp³-hybridized carbons (Fsp3) is 0.417. The molecule has 16 heavy (non-hydrogen) atoms. The van der Waals surface area contributed by atoms with Crippen LogP contribution in [0.4, 0.5) is 0 Å². The Morgan fingerprint density at radius 2 is 2.38 bits per heavy atom. The van der Waals surface area contributed by atoms with E-state index in [1.54, 1.807) is 6.07 Å². The minimum absolute atomic E-state index is 0.0446. The molecule has 1 atom stereocenters. The molecule has 1 aromatic carbocycles. The first-order chi connectivity index (χ1) is 7.63. The maximum atomic E-state index is 12.1. The largest absolute Gasteiger partial charge is 0.492 e. The number of hydrogen-bond acceptors (Lipinski definition) is 2. The van der Waals surface area contributed by atoms with Crippen LogP contribution in [-0.4, -0.2) is 17.2 Å². The first-order valence-electron chi connectivity index (χ1n) is 5.27. The molecule has 1 aromatic rings. The van der Waals surface area contributed by atoms with Crippen molar-refractivity contribution in [2.75, 3.05) is 6.61 Å². The van der Waals surface area contributed by atoms with Crippen LogP contribution in [0.2, 0.25) is 5.02 Å². The predicted octanol–water partition coefficient (Wildman–Crippen LogP) is 3.63. The summed E-state index contributed by atoms with van der Waals surface area (Å²) in [5.41, 5.74) is 1.63. The van der Waals surface area contributed by atoms with Crippen LogP contribution >= 0.6 is 27.5 Å². The number of carbonyl (C=O) groups is 1. The molecule has 1 heterocycles. The van der Waals surface area contributed by atoms with Crippen molar-refractivity contribution < 1.29 is 9.53 Å². The van der Waals surface area contributed by atoms with Crippen molar-refractivity contribution in [2.24, 2.45) is 0 Å². The number of carbonyl (C=O) groups excluding carboxylic acids is 1. The Hall–Kier alpha value is -0.540. The fourth-order valence-corrected chi connectivity index (χ4v) is 2.29. The van der Waals surface area contributed by atoms with Gasteiger partial charge in [0.25, 0.3) is 0 Å². The van der Waals surface area contributed by atoms with Crippen molar-refractivity contribution in [3.8, 4) is 5.75 Å². The van der Waals surface area contributed by atoms with Crippen LogP contribution in [0, 0.1) is 0 Å². The summed E-state index contributed by atoms with van der Waals surface area (Å²) in [4.78, 5) is 11.9. The molecule has 0 bridgehead atoms. The molecular weight excluding hydrogens is 291 g/mol. The zero-order chi connectivity index (χ0) is 11.7. The van der Waals surface area contributed by atoms with Gasteiger partial charge in [-0.05, 0) is 24.1 Å². The highest BCUT2D eigenvalue weighted by Gasteiger charge is 2.25. The second-order valence-corrected chi connectivity index (χ2v) is 5.32. The van der Waals surface area contributed by atoms with Crippen LogP contribution in [0.1, 0.15) is 29.3 Å². The summed E-state index contributed by atoms with van der Waals surface area (Å²) >= 11 is 9.36. The SMILES string of the molecule is CCC(Br)C(=O)c1cc(Cl)cc2c1OCC2. The van der Waals surface area contributed by atoms with Gasteiger partial charge in [0.1, 0.15) is 5.75 Å². The van der Waals surface area contributed by atoms with Crippen molar-refractivity contribution >= 4 is 33.3 Å². The number of ether oxygens (including phenoxy) is 1. The number of ketones is 1. The molecule has 2 rings (SSSR count). The average Bonchev–Trinajstić information content (AvgIpc) is 2.73. The molecule has 86 valence electrons. The summed E-state index contributed by atoms with van der Waals surface area (Å²) in [6.07, 6.45) is 1.58. The Morgan fingerprint density at radius 1 is 1.62 bits per heavy atom. The highest BCUT2D eigenvalue weighted by molar-refractivity contribution is 9.10. The van der Waals surface area contributed by atoms with E-state index in [4.69, 9.17) is 16.3 Å². The summed E-state index contributed by atoms with van der Waals surface area (Å²) in [7, 11) is 0. The average molecular weight is 304 g/mol. The fourth-order valence-electron chi connectivity index (χ4n) is 1.81. The summed E-state index contributed by atoms with van der Waals surface area (Å²) in [6.45, 7) is 2.60. The molecule has 0 N–H and O–H groups in total. The van der Waals surface area contributed by atoms with E-state index in [2.05, 4.69) is 15.9 Å². The van der Waals surface area contributed by atoms with Crippen molar-refractivity contribution in [3.05, 3.63) is 28.3 Å². The highest BCUT2D eigenvalue weighted by Crippen LogP contribution is 2.34. The van der Waals surface area contributed by atoms with Gasteiger partial charge in [0.2, 0.25) is 0 Å². The molecule has 0 fully saturated rings. The highest BCUT2D eigenvalue weighted by atomic mass is 79.9. The normalized spacial score (nSPS) is 15.4. The predicted molar refractivity (Wildman–Crippen MR) is 68.0 cm³/mol. The van der Waals surface area contributed by atoms with Gasteiger partial charge in [0.15, 0.2) is 5.78 Å². The van der Waals surface area contributed by atoms with Gasteiger partial charge in [0.05, 0.1) is 17.0 Å². The van der Waals surface area contributed by atoms with Crippen LogP contribution in [0.25, 0.3) is 0 Å². The number of alkyl halides is 1. The first-order valence-corrected chi connectivity index (χ1v) is 6.56. The van der Waals surface area contributed by atoms with E-state index < -0.39 is 0 Å². The number of hydrogen-bond donors (Lipinski definition) is 0. The van der Waals surface area contributed by atoms with Crippen molar-refractivity contribution in [3.63, 3.8) is 0 Å². The minimum Gasteiger partial charge on any atom is -0.492 e. The van der Waals surface area contributed by atoms with Crippen molar-refractivity contribution in [1.29, 1.82) is 0 Å². The summed E-state index contributed by atoms with van der Waals surface area (Å²) in [5, 5.41) is 0.600. The molecule has 1 aliphatic rings. The molecule has 2 nitrogen and oxygen atoms in total. The second kappa shape index (κ2) is 4.76. The Bertz CT molecular complexity index is 431. The number of halogens is 2. The van der Waals surface area contributed by atoms with E-state index in [9.17, 15) is 4.79 Å². The third-order valence-electron chi connectivity index (χ3n) is 2.66. The van der Waals surface area contributed by atoms with Crippen LogP contribution < -0.4 is 4.74 Å². The zero-order valence-corrected chi connectivity index (χ0v) is 11.3. The summed E-state index contributed by atoms with van der Waals surface area (Å²) in [6, 6.07) is 3.56. The maximum Gasteiger partial charge on any atom is 0.180 e. The summed E-state index contributed by atoms with van der Waals surface area (Å²) in [5.74, 6) is 0.760. The lowest BCUT2D eigenvalue weighted by atomic mass is 10.0. The molecule has 1 unspecified atom stereocenters. The molecule has 0 aromatic heterocycles. The number of fused-ring (bicyclic) bond motifs is 1. The van der Waals surface area contributed by atoms with Crippen LogP contribution in [0.3, 0.4) is 0 Å². The Labute approximate surface area is 108 Å². The van der Waals surface area contributed by atoms with Gasteiger partial charge in [0, 0.05) is 11.4 Å². The van der Waals surface area contributed by atoms with Crippen LogP contribution in [0.15, 0.2) is 12.1 Å². The van der Waals surface area contributed by atoms with Gasteiger partial charge < -0.3 is 4.74 Å². The van der Waals surface area contributed by atoms with Crippen LogP contribution in [0.5, 0.6) is 5.75 Å². The quantitative estimate of drug-likeness (QED) is 0.629. The van der Waals surface area contributed by atoms with E-state index in [0.717, 1.165) is 18.4 Å². The molecule has 0 spiro atoms. The monoisotopic (exact) mass is 302 g/mol. The molecule has 0 amide bonds. The second-order valence-electron chi connectivity index (χ2n) is 3.78. The van der Waals surface area contributed by atoms with E-state index in [1.807, 2.05) is 13.0 Å². The Kier molecular flexibility index (Phi) is 3.55. The number of benzene rings is 1. The Balaban J connectivity index is 2.44. The van der Waals surface area contributed by atoms with E-state index >= 15 is 0 Å². The third-order valence-corrected chi connectivity index (χ3v) is 3.94. The van der Waals surface area contributed by atoms with Gasteiger partial charge >= 0.3 is 0 Å². The molecule has 4 heteroatoms. The number of rotatable bonds is 3. The van der Waals surface area contributed by atoms with Crippen LogP contribution in [-0.2, 0) is 6.42 Å². The lowest BCUT2D eigenvalue weighted by molar-refractivity contribution is 0.0987. The minimum atomic E-state index is -0.167.